The Kier molecular flexibility index (Phi) is 4.74. The van der Waals surface area contributed by atoms with Gasteiger partial charge in [-0.05, 0) is 61.9 Å². The van der Waals surface area contributed by atoms with E-state index in [0.29, 0.717) is 18.2 Å². The third kappa shape index (κ3) is 3.48. The van der Waals surface area contributed by atoms with Crippen LogP contribution in [-0.2, 0) is 16.0 Å². The van der Waals surface area contributed by atoms with Crippen molar-refractivity contribution in [3.05, 3.63) is 53.9 Å². The van der Waals surface area contributed by atoms with Gasteiger partial charge in [0.2, 0.25) is 11.8 Å². The first kappa shape index (κ1) is 19.5. The van der Waals surface area contributed by atoms with Crippen molar-refractivity contribution >= 4 is 34.3 Å². The molecule has 2 aliphatic carbocycles. The van der Waals surface area contributed by atoms with Crippen molar-refractivity contribution in [3.63, 3.8) is 0 Å². The summed E-state index contributed by atoms with van der Waals surface area (Å²) >= 11 is 0. The van der Waals surface area contributed by atoms with Crippen LogP contribution in [0.25, 0.3) is 11.1 Å². The van der Waals surface area contributed by atoms with Gasteiger partial charge in [-0.1, -0.05) is 31.0 Å². The highest BCUT2D eigenvalue weighted by Gasteiger charge is 2.39. The number of fused-ring (bicyclic) bond motifs is 2. The van der Waals surface area contributed by atoms with Gasteiger partial charge in [-0.15, -0.1) is 0 Å². The summed E-state index contributed by atoms with van der Waals surface area (Å²) < 4.78 is 5.83. The number of anilines is 2. The molecule has 2 fully saturated rings. The van der Waals surface area contributed by atoms with Crippen LogP contribution in [0.4, 0.5) is 11.4 Å². The number of para-hydroxylation sites is 1. The van der Waals surface area contributed by atoms with Crippen molar-refractivity contribution in [2.75, 3.05) is 16.8 Å². The summed E-state index contributed by atoms with van der Waals surface area (Å²) in [7, 11) is 0. The zero-order valence-electron chi connectivity index (χ0n) is 18.0. The fourth-order valence-corrected chi connectivity index (χ4v) is 5.27. The summed E-state index contributed by atoms with van der Waals surface area (Å²) in [5, 5.41) is 3.06. The van der Waals surface area contributed by atoms with E-state index < -0.39 is 0 Å². The van der Waals surface area contributed by atoms with E-state index in [0.717, 1.165) is 67.6 Å². The van der Waals surface area contributed by atoms with Crippen molar-refractivity contribution in [1.82, 2.24) is 4.98 Å². The predicted octanol–water partition coefficient (Wildman–Crippen LogP) is 5.04. The number of carbonyl (C=O) groups excluding carboxylic acids is 2. The Morgan fingerprint density at radius 3 is 2.66 bits per heavy atom. The van der Waals surface area contributed by atoms with E-state index in [2.05, 4.69) is 16.4 Å². The van der Waals surface area contributed by atoms with E-state index in [-0.39, 0.29) is 23.7 Å². The summed E-state index contributed by atoms with van der Waals surface area (Å²) in [6, 6.07) is 13.7. The van der Waals surface area contributed by atoms with Gasteiger partial charge in [0, 0.05) is 29.8 Å². The standard InChI is InChI=1S/C26H27N3O3/c30-24(27-18-11-12-23-21(15-18)28-25(32-23)17-9-10-17)19-6-2-3-7-20(19)26(31)29-14-13-16-5-1-4-8-22(16)29/h1,4-5,8,11-12,15,17,19-20H,2-3,6-7,9-10,13-14H2,(H,27,30). The Morgan fingerprint density at radius 2 is 1.81 bits per heavy atom. The molecule has 6 rings (SSSR count). The number of hydrogen-bond donors (Lipinski definition) is 1. The molecule has 2 unspecified atom stereocenters. The highest BCUT2D eigenvalue weighted by atomic mass is 16.3. The molecule has 3 aromatic rings. The van der Waals surface area contributed by atoms with Gasteiger partial charge < -0.3 is 14.6 Å². The number of oxazole rings is 1. The maximum absolute atomic E-state index is 13.5. The van der Waals surface area contributed by atoms with Crippen molar-refractivity contribution < 1.29 is 14.0 Å². The number of hydrogen-bond acceptors (Lipinski definition) is 4. The third-order valence-corrected chi connectivity index (χ3v) is 7.17. The Balaban J connectivity index is 1.20. The van der Waals surface area contributed by atoms with Gasteiger partial charge in [0.15, 0.2) is 11.5 Å². The molecule has 2 amide bonds. The van der Waals surface area contributed by atoms with Crippen LogP contribution in [-0.4, -0.2) is 23.3 Å². The third-order valence-electron chi connectivity index (χ3n) is 7.17. The van der Waals surface area contributed by atoms with E-state index in [1.54, 1.807) is 0 Å². The number of aromatic nitrogens is 1. The normalized spacial score (nSPS) is 22.7. The molecule has 3 aliphatic rings. The molecule has 32 heavy (non-hydrogen) atoms. The Morgan fingerprint density at radius 1 is 1.00 bits per heavy atom. The average Bonchev–Trinajstić information content (AvgIpc) is 3.45. The van der Waals surface area contributed by atoms with Crippen LogP contribution in [0.15, 0.2) is 46.9 Å². The second-order valence-corrected chi connectivity index (χ2v) is 9.36. The van der Waals surface area contributed by atoms with Crippen molar-refractivity contribution in [2.45, 2.75) is 50.9 Å². The fraction of sp³-hybridized carbons (Fsp3) is 0.423. The molecule has 0 saturated heterocycles. The van der Waals surface area contributed by atoms with Gasteiger partial charge in [-0.25, -0.2) is 4.98 Å². The first-order chi connectivity index (χ1) is 15.7. The lowest BCUT2D eigenvalue weighted by atomic mass is 9.77. The lowest BCUT2D eigenvalue weighted by molar-refractivity contribution is -0.132. The van der Waals surface area contributed by atoms with Crippen molar-refractivity contribution in [2.24, 2.45) is 11.8 Å². The van der Waals surface area contributed by atoms with Gasteiger partial charge in [0.1, 0.15) is 5.52 Å². The van der Waals surface area contributed by atoms with Crippen LogP contribution >= 0.6 is 0 Å². The molecule has 6 nitrogen and oxygen atoms in total. The minimum atomic E-state index is -0.306. The van der Waals surface area contributed by atoms with E-state index >= 15 is 0 Å². The summed E-state index contributed by atoms with van der Waals surface area (Å²) in [4.78, 5) is 33.3. The van der Waals surface area contributed by atoms with Crippen LogP contribution in [0.3, 0.4) is 0 Å². The SMILES string of the molecule is O=C(Nc1ccc2oc(C3CC3)nc2c1)C1CCCCC1C(=O)N1CCc2ccccc21. The zero-order chi connectivity index (χ0) is 21.7. The van der Waals surface area contributed by atoms with Gasteiger partial charge >= 0.3 is 0 Å². The minimum Gasteiger partial charge on any atom is -0.440 e. The fourth-order valence-electron chi connectivity index (χ4n) is 5.27. The maximum atomic E-state index is 13.5. The van der Waals surface area contributed by atoms with Gasteiger partial charge in [-0.3, -0.25) is 9.59 Å². The van der Waals surface area contributed by atoms with Crippen LogP contribution in [0.1, 0.15) is 55.9 Å². The van der Waals surface area contributed by atoms with E-state index in [9.17, 15) is 9.59 Å². The second kappa shape index (κ2) is 7.76. The zero-order valence-corrected chi connectivity index (χ0v) is 18.0. The molecule has 0 radical (unpaired) electrons. The van der Waals surface area contributed by atoms with Crippen molar-refractivity contribution in [3.8, 4) is 0 Å². The number of rotatable bonds is 4. The lowest BCUT2D eigenvalue weighted by Gasteiger charge is -2.32. The molecular weight excluding hydrogens is 402 g/mol. The summed E-state index contributed by atoms with van der Waals surface area (Å²) in [6.07, 6.45) is 6.63. The van der Waals surface area contributed by atoms with Gasteiger partial charge in [-0.2, -0.15) is 0 Å². The van der Waals surface area contributed by atoms with Gasteiger partial charge in [0.25, 0.3) is 0 Å². The van der Waals surface area contributed by atoms with E-state index in [4.69, 9.17) is 4.42 Å². The number of carbonyl (C=O) groups is 2. The minimum absolute atomic E-state index is 0.0687. The molecule has 6 heteroatoms. The predicted molar refractivity (Wildman–Crippen MR) is 123 cm³/mol. The van der Waals surface area contributed by atoms with Gasteiger partial charge in [0.05, 0.1) is 5.92 Å². The molecule has 1 N–H and O–H groups in total. The molecule has 2 saturated carbocycles. The highest BCUT2D eigenvalue weighted by molar-refractivity contribution is 6.02. The molecule has 2 atom stereocenters. The first-order valence-electron chi connectivity index (χ1n) is 11.8. The van der Waals surface area contributed by atoms with Crippen LogP contribution in [0.2, 0.25) is 0 Å². The maximum Gasteiger partial charge on any atom is 0.230 e. The second-order valence-electron chi connectivity index (χ2n) is 9.36. The average molecular weight is 430 g/mol. The van der Waals surface area contributed by atoms with Crippen LogP contribution in [0, 0.1) is 11.8 Å². The molecule has 1 aliphatic heterocycles. The van der Waals surface area contributed by atoms with E-state index in [1.807, 2.05) is 41.3 Å². The number of amides is 2. The Bertz CT molecular complexity index is 1200. The molecule has 0 bridgehead atoms. The Labute approximate surface area is 187 Å². The number of benzene rings is 2. The quantitative estimate of drug-likeness (QED) is 0.630. The molecule has 1 aromatic heterocycles. The molecular formula is C26H27N3O3. The summed E-state index contributed by atoms with van der Waals surface area (Å²) in [5.74, 6) is 0.695. The number of nitrogens with one attached hydrogen (secondary N) is 1. The monoisotopic (exact) mass is 429 g/mol. The largest absolute Gasteiger partial charge is 0.440 e. The highest BCUT2D eigenvalue weighted by Crippen LogP contribution is 2.41. The molecule has 2 heterocycles. The topological polar surface area (TPSA) is 75.4 Å². The van der Waals surface area contributed by atoms with Crippen LogP contribution in [0.5, 0.6) is 0 Å². The molecule has 0 spiro atoms. The lowest BCUT2D eigenvalue weighted by Crippen LogP contribution is -2.43. The van der Waals surface area contributed by atoms with Crippen molar-refractivity contribution in [1.29, 1.82) is 0 Å². The Hall–Kier alpha value is -3.15. The summed E-state index contributed by atoms with van der Waals surface area (Å²) in [5.41, 5.74) is 4.45. The first-order valence-corrected chi connectivity index (χ1v) is 11.8. The number of nitrogens with zero attached hydrogens (tertiary/aromatic N) is 2. The molecule has 164 valence electrons. The summed E-state index contributed by atoms with van der Waals surface area (Å²) in [6.45, 7) is 0.704. The smallest absolute Gasteiger partial charge is 0.230 e. The van der Waals surface area contributed by atoms with E-state index in [1.165, 1.54) is 5.56 Å². The van der Waals surface area contributed by atoms with Crippen LogP contribution < -0.4 is 10.2 Å². The molecule has 2 aromatic carbocycles.